The highest BCUT2D eigenvalue weighted by Crippen LogP contribution is 2.01. The van der Waals surface area contributed by atoms with Gasteiger partial charge >= 0.3 is 0 Å². The van der Waals surface area contributed by atoms with Crippen molar-refractivity contribution in [1.82, 2.24) is 5.32 Å². The number of likely N-dealkylation sites (N-methyl/N-ethyl adjacent to an activating group) is 1. The number of nitrogens with two attached hydrogens (primary N) is 1. The minimum atomic E-state index is -0.107. The first-order valence-corrected chi connectivity index (χ1v) is 3.61. The van der Waals surface area contributed by atoms with Crippen molar-refractivity contribution in [2.75, 3.05) is 7.05 Å². The van der Waals surface area contributed by atoms with Crippen molar-refractivity contribution in [3.8, 4) is 0 Å². The molecule has 0 fully saturated rings. The minimum absolute atomic E-state index is 0.107. The first kappa shape index (κ1) is 10.1. The Labute approximate surface area is 71.6 Å². The molecule has 62 valence electrons. The summed E-state index contributed by atoms with van der Waals surface area (Å²) in [7, 11) is 1.66. The van der Waals surface area contributed by atoms with Crippen LogP contribution in [0.25, 0.3) is 0 Å². The average molecular weight is 172 g/mol. The van der Waals surface area contributed by atoms with Gasteiger partial charge in [-0.15, -0.1) is 0 Å². The fourth-order valence-corrected chi connectivity index (χ4v) is 1.05. The van der Waals surface area contributed by atoms with Gasteiger partial charge in [-0.05, 0) is 13.8 Å². The number of hydrogen-bond acceptors (Lipinski definition) is 3. The largest absolute Gasteiger partial charge is 0.402 e. The number of thiocarbonyl (C=S) groups is 1. The molecule has 0 atom stereocenters. The van der Waals surface area contributed by atoms with Gasteiger partial charge in [0.1, 0.15) is 4.99 Å². The predicted octanol–water partition coefficient (Wildman–Crippen LogP) is 0.355. The van der Waals surface area contributed by atoms with E-state index in [1.807, 2.05) is 0 Å². The van der Waals surface area contributed by atoms with E-state index in [0.717, 1.165) is 0 Å². The molecule has 0 rings (SSSR count). The molecule has 0 unspecified atom stereocenters. The molecule has 0 aromatic heterocycles. The van der Waals surface area contributed by atoms with Gasteiger partial charge in [-0.2, -0.15) is 0 Å². The zero-order valence-corrected chi connectivity index (χ0v) is 7.71. The molecule has 0 radical (unpaired) electrons. The predicted molar refractivity (Wildman–Crippen MR) is 49.2 cm³/mol. The van der Waals surface area contributed by atoms with Crippen LogP contribution >= 0.6 is 12.2 Å². The van der Waals surface area contributed by atoms with E-state index < -0.39 is 0 Å². The molecule has 0 aliphatic carbocycles. The summed E-state index contributed by atoms with van der Waals surface area (Å²) < 4.78 is 0. The van der Waals surface area contributed by atoms with Crippen molar-refractivity contribution in [1.29, 1.82) is 0 Å². The Morgan fingerprint density at radius 1 is 1.45 bits per heavy atom. The maximum Gasteiger partial charge on any atom is 0.164 e. The smallest absolute Gasteiger partial charge is 0.164 e. The number of carbonyl (C=O) groups is 1. The molecule has 3 nitrogen and oxygen atoms in total. The standard InChI is InChI=1S/C7H12N2OS/c1-4(8)6(5(2)10)7(11)9-3/h8H2,1-3H3,(H,9,11)/b6-4-. The Kier molecular flexibility index (Phi) is 3.74. The lowest BCUT2D eigenvalue weighted by atomic mass is 10.1. The molecule has 11 heavy (non-hydrogen) atoms. The van der Waals surface area contributed by atoms with Crippen LogP contribution in [-0.2, 0) is 4.79 Å². The van der Waals surface area contributed by atoms with Crippen LogP contribution in [0.2, 0.25) is 0 Å². The van der Waals surface area contributed by atoms with Gasteiger partial charge in [0.15, 0.2) is 5.78 Å². The molecule has 0 aliphatic rings. The minimum Gasteiger partial charge on any atom is -0.402 e. The highest BCUT2D eigenvalue weighted by Gasteiger charge is 2.10. The van der Waals surface area contributed by atoms with Crippen LogP contribution in [0.3, 0.4) is 0 Å². The van der Waals surface area contributed by atoms with E-state index in [4.69, 9.17) is 18.0 Å². The Morgan fingerprint density at radius 2 is 1.91 bits per heavy atom. The van der Waals surface area contributed by atoms with Gasteiger partial charge in [-0.25, -0.2) is 0 Å². The fraction of sp³-hybridized carbons (Fsp3) is 0.429. The third kappa shape index (κ3) is 2.67. The molecular weight excluding hydrogens is 160 g/mol. The Bertz CT molecular complexity index is 216. The van der Waals surface area contributed by atoms with E-state index in [1.165, 1.54) is 6.92 Å². The van der Waals surface area contributed by atoms with E-state index in [9.17, 15) is 4.79 Å². The fourth-order valence-electron chi connectivity index (χ4n) is 0.742. The quantitative estimate of drug-likeness (QED) is 0.466. The Hall–Kier alpha value is -0.900. The Balaban J connectivity index is 4.79. The van der Waals surface area contributed by atoms with Crippen molar-refractivity contribution < 1.29 is 4.79 Å². The van der Waals surface area contributed by atoms with E-state index in [2.05, 4.69) is 5.32 Å². The van der Waals surface area contributed by atoms with E-state index in [0.29, 0.717) is 16.3 Å². The van der Waals surface area contributed by atoms with Crippen LogP contribution in [0.5, 0.6) is 0 Å². The average Bonchev–Trinajstić information content (AvgIpc) is 1.85. The summed E-state index contributed by atoms with van der Waals surface area (Å²) in [5, 5.41) is 2.70. The van der Waals surface area contributed by atoms with Crippen LogP contribution in [0.15, 0.2) is 11.3 Å². The number of rotatable bonds is 2. The lowest BCUT2D eigenvalue weighted by Gasteiger charge is -2.06. The summed E-state index contributed by atoms with van der Waals surface area (Å²) in [6, 6.07) is 0. The third-order valence-electron chi connectivity index (χ3n) is 1.20. The van der Waals surface area contributed by atoms with Crippen LogP contribution in [0.1, 0.15) is 13.8 Å². The van der Waals surface area contributed by atoms with Crippen molar-refractivity contribution in [2.45, 2.75) is 13.8 Å². The molecule has 0 heterocycles. The van der Waals surface area contributed by atoms with Crippen molar-refractivity contribution in [3.63, 3.8) is 0 Å². The molecule has 3 N–H and O–H groups in total. The normalized spacial score (nSPS) is 11.9. The SMILES string of the molecule is CNC(=S)/C(C(C)=O)=C(/C)N. The lowest BCUT2D eigenvalue weighted by Crippen LogP contribution is -2.24. The summed E-state index contributed by atoms with van der Waals surface area (Å²) in [5.41, 5.74) is 6.31. The van der Waals surface area contributed by atoms with Crippen molar-refractivity contribution >= 4 is 23.0 Å². The molecule has 0 spiro atoms. The molecule has 0 amide bonds. The maximum absolute atomic E-state index is 10.9. The van der Waals surface area contributed by atoms with E-state index in [1.54, 1.807) is 14.0 Å². The van der Waals surface area contributed by atoms with E-state index in [-0.39, 0.29) is 5.78 Å². The zero-order valence-electron chi connectivity index (χ0n) is 6.89. The topological polar surface area (TPSA) is 55.1 Å². The summed E-state index contributed by atoms with van der Waals surface area (Å²) in [6.45, 7) is 3.09. The van der Waals surface area contributed by atoms with Crippen molar-refractivity contribution in [3.05, 3.63) is 11.3 Å². The molecule has 0 aliphatic heterocycles. The third-order valence-corrected chi connectivity index (χ3v) is 1.61. The van der Waals surface area contributed by atoms with Crippen molar-refractivity contribution in [2.24, 2.45) is 5.73 Å². The second kappa shape index (κ2) is 4.08. The van der Waals surface area contributed by atoms with Crippen LogP contribution in [0, 0.1) is 0 Å². The number of hydrogen-bond donors (Lipinski definition) is 2. The maximum atomic E-state index is 10.9. The molecule has 0 saturated heterocycles. The van der Waals surface area contributed by atoms with Crippen LogP contribution < -0.4 is 11.1 Å². The van der Waals surface area contributed by atoms with Gasteiger partial charge in [-0.3, -0.25) is 4.79 Å². The first-order valence-electron chi connectivity index (χ1n) is 3.20. The van der Waals surface area contributed by atoms with Gasteiger partial charge in [0.25, 0.3) is 0 Å². The lowest BCUT2D eigenvalue weighted by molar-refractivity contribution is -0.113. The molecule has 0 bridgehead atoms. The molecule has 4 heteroatoms. The van der Waals surface area contributed by atoms with Crippen LogP contribution in [-0.4, -0.2) is 17.8 Å². The van der Waals surface area contributed by atoms with Gasteiger partial charge in [0.2, 0.25) is 0 Å². The van der Waals surface area contributed by atoms with Gasteiger partial charge in [0.05, 0.1) is 5.57 Å². The summed E-state index contributed by atoms with van der Waals surface area (Å²) in [6.07, 6.45) is 0. The second-order valence-corrected chi connectivity index (χ2v) is 2.60. The first-order chi connectivity index (χ1) is 5.00. The number of Topliss-reactive ketones (excluding diaryl/α,β-unsaturated/α-hetero) is 1. The summed E-state index contributed by atoms with van der Waals surface area (Å²) in [5.74, 6) is -0.107. The number of nitrogens with one attached hydrogen (secondary N) is 1. The molecule has 0 aromatic rings. The highest BCUT2D eigenvalue weighted by molar-refractivity contribution is 7.80. The summed E-state index contributed by atoms with van der Waals surface area (Å²) in [4.78, 5) is 11.3. The Morgan fingerprint density at radius 3 is 2.00 bits per heavy atom. The monoisotopic (exact) mass is 172 g/mol. The second-order valence-electron chi connectivity index (χ2n) is 2.19. The van der Waals surface area contributed by atoms with Gasteiger partial charge in [-0.1, -0.05) is 12.2 Å². The number of ketones is 1. The zero-order chi connectivity index (χ0) is 9.02. The number of carbonyl (C=O) groups excluding carboxylic acids is 1. The van der Waals surface area contributed by atoms with E-state index >= 15 is 0 Å². The molecular formula is C7H12N2OS. The summed E-state index contributed by atoms with van der Waals surface area (Å²) >= 11 is 4.86. The molecule has 0 aromatic carbocycles. The van der Waals surface area contributed by atoms with Gasteiger partial charge in [0, 0.05) is 12.7 Å². The van der Waals surface area contributed by atoms with Gasteiger partial charge < -0.3 is 11.1 Å². The number of allylic oxidation sites excluding steroid dienone is 1. The molecule has 0 saturated carbocycles. The highest BCUT2D eigenvalue weighted by atomic mass is 32.1. The van der Waals surface area contributed by atoms with Crippen LogP contribution in [0.4, 0.5) is 0 Å².